The number of unbranched alkanes of at least 4 members (excludes halogenated alkanes) is 20. The summed E-state index contributed by atoms with van der Waals surface area (Å²) in [6.07, 6.45) is 61.2. The van der Waals surface area contributed by atoms with Crippen molar-refractivity contribution in [1.82, 2.24) is 0 Å². The van der Waals surface area contributed by atoms with Gasteiger partial charge in [-0.25, -0.2) is 0 Å². The van der Waals surface area contributed by atoms with Crippen molar-refractivity contribution in [2.45, 2.75) is 380 Å². The maximum absolute atomic E-state index is 12.3. The van der Waals surface area contributed by atoms with Crippen LogP contribution in [0.2, 0.25) is 25.1 Å². The van der Waals surface area contributed by atoms with E-state index in [1.165, 1.54) is 193 Å². The summed E-state index contributed by atoms with van der Waals surface area (Å²) in [5.41, 5.74) is 0. The Morgan fingerprint density at radius 1 is 0.232 bits per heavy atom. The van der Waals surface area contributed by atoms with Crippen LogP contribution in [0.1, 0.15) is 356 Å². The lowest BCUT2D eigenvalue weighted by Gasteiger charge is -2.27. The molecule has 0 atom stereocenters. The lowest BCUT2D eigenvalue weighted by Crippen LogP contribution is -2.25. The third-order valence-electron chi connectivity index (χ3n) is 25.1. The van der Waals surface area contributed by atoms with Gasteiger partial charge in [0, 0.05) is 30.3 Å². The predicted molar refractivity (Wildman–Crippen MR) is 521 cm³/mol. The van der Waals surface area contributed by atoms with Gasteiger partial charge in [-0.1, -0.05) is 348 Å². The van der Waals surface area contributed by atoms with E-state index >= 15 is 0 Å². The molecule has 0 amide bonds. The molecule has 0 unspecified atom stereocenters. The number of halogens is 10. The summed E-state index contributed by atoms with van der Waals surface area (Å²) >= 11 is 55.2. The molecule has 705 valence electrons. The lowest BCUT2D eigenvalue weighted by atomic mass is 9.80. The van der Waals surface area contributed by atoms with Crippen molar-refractivity contribution in [2.75, 3.05) is 0 Å². The van der Waals surface area contributed by atoms with Crippen molar-refractivity contribution in [1.29, 1.82) is 0 Å². The molecule has 125 heavy (non-hydrogen) atoms. The number of esters is 5. The Kier molecular flexibility index (Phi) is 66.0. The predicted octanol–water partition coefficient (Wildman–Crippen LogP) is 35.6. The summed E-state index contributed by atoms with van der Waals surface area (Å²) in [5, 5.41) is 2.30. The van der Waals surface area contributed by atoms with Crippen LogP contribution in [0, 0.1) is 59.2 Å². The van der Waals surface area contributed by atoms with E-state index in [4.69, 9.17) is 145 Å². The lowest BCUT2D eigenvalue weighted by molar-refractivity contribution is -0.141. The van der Waals surface area contributed by atoms with E-state index < -0.39 is 0 Å². The molecule has 0 aliphatic heterocycles. The Morgan fingerprint density at radius 2 is 0.368 bits per heavy atom. The molecule has 0 saturated heterocycles. The Balaban J connectivity index is 0.000000774. The molecule has 5 aliphatic rings. The summed E-state index contributed by atoms with van der Waals surface area (Å²) in [7, 11) is 0. The molecule has 0 bridgehead atoms. The van der Waals surface area contributed by atoms with Crippen molar-refractivity contribution >= 4 is 151 Å². The highest BCUT2D eigenvalue weighted by Gasteiger charge is 2.33. The van der Waals surface area contributed by atoms with Gasteiger partial charge in [0.15, 0.2) is 0 Å². The zero-order chi connectivity index (χ0) is 86.8. The minimum absolute atomic E-state index is 0. The van der Waals surface area contributed by atoms with Crippen molar-refractivity contribution in [3.8, 4) is 28.7 Å². The SMILES string of the molecule is CCCCCCCC1CCC(C(=O)Oc2ccc([S])c(Cl)c2)CC1.CCCCCCCC1CCC(C(=O)Oc2ccc([S])c(Cl)c2)CC1.CCCCCCCC1CCC(C(=O)Oc2ccc([S])c(Cl)c2)CC1.CCCCCCCC1CCC(C(=O)Oc2ccc([S])c(Cl)c2)CC1.CCCCCCCC1CCC(C(=O)Oc2ccc([S])c(Cl)c2)CC1.F.F.F.F.F. The smallest absolute Gasteiger partial charge is 0.314 e. The van der Waals surface area contributed by atoms with Crippen LogP contribution in [-0.4, -0.2) is 29.8 Å². The number of rotatable bonds is 40. The van der Waals surface area contributed by atoms with Crippen molar-refractivity contribution in [2.24, 2.45) is 59.2 Å². The molecule has 5 aliphatic carbocycles. The van der Waals surface area contributed by atoms with Gasteiger partial charge >= 0.3 is 29.8 Å². The molecule has 5 aromatic carbocycles. The van der Waals surface area contributed by atoms with Crippen LogP contribution in [0.25, 0.3) is 0 Å². The molecule has 0 N–H and O–H groups in total. The fraction of sp³-hybridized carbons (Fsp3) is 0.650. The molecule has 0 spiro atoms. The van der Waals surface area contributed by atoms with Crippen LogP contribution in [0.15, 0.2) is 115 Å². The van der Waals surface area contributed by atoms with Crippen molar-refractivity contribution in [3.05, 3.63) is 116 Å². The van der Waals surface area contributed by atoms with Gasteiger partial charge in [0.25, 0.3) is 0 Å². The number of benzene rings is 5. The van der Waals surface area contributed by atoms with E-state index in [9.17, 15) is 24.0 Å². The Bertz CT molecular complexity index is 3210. The number of carbonyl (C=O) groups is 5. The van der Waals surface area contributed by atoms with E-state index in [0.29, 0.717) is 78.3 Å². The Morgan fingerprint density at radius 3 is 0.496 bits per heavy atom. The van der Waals surface area contributed by atoms with Gasteiger partial charge in [0.05, 0.1) is 79.2 Å². The molecule has 25 heteroatoms. The molecule has 10 rings (SSSR count). The van der Waals surface area contributed by atoms with Crippen LogP contribution in [0.5, 0.6) is 28.7 Å². The highest BCUT2D eigenvalue weighted by molar-refractivity contribution is 7.81. The third kappa shape index (κ3) is 48.1. The van der Waals surface area contributed by atoms with Gasteiger partial charge < -0.3 is 23.7 Å². The first kappa shape index (κ1) is 119. The number of carbonyl (C=O) groups excluding carboxylic acids is 5. The number of ether oxygens (including phenoxy) is 5. The van der Waals surface area contributed by atoms with Crippen LogP contribution in [0.3, 0.4) is 0 Å². The number of hydrogen-bond donors (Lipinski definition) is 0. The highest BCUT2D eigenvalue weighted by atomic mass is 35.5. The normalized spacial score (nSPS) is 19.9. The second kappa shape index (κ2) is 69.5. The molecule has 0 aromatic heterocycles. The molecule has 5 aromatic rings. The minimum Gasteiger partial charge on any atom is -0.426 e. The van der Waals surface area contributed by atoms with E-state index in [1.807, 2.05) is 0 Å². The summed E-state index contributed by atoms with van der Waals surface area (Å²) in [4.78, 5) is 64.5. The fourth-order valence-corrected chi connectivity index (χ4v) is 18.8. The molecule has 5 radical (unpaired) electrons. The summed E-state index contributed by atoms with van der Waals surface area (Å²) in [6, 6.07) is 25.2. The molecule has 0 heterocycles. The van der Waals surface area contributed by atoms with Crippen molar-refractivity contribution in [3.63, 3.8) is 0 Å². The summed E-state index contributed by atoms with van der Waals surface area (Å²) in [5.74, 6) is 6.01. The van der Waals surface area contributed by atoms with Crippen LogP contribution in [0.4, 0.5) is 23.5 Å². The summed E-state index contributed by atoms with van der Waals surface area (Å²) in [6.45, 7) is 11.2. The van der Waals surface area contributed by atoms with Crippen LogP contribution in [-0.2, 0) is 24.0 Å². The van der Waals surface area contributed by atoms with Gasteiger partial charge in [-0.05, 0) is 219 Å². The molecular weight excluding hydrogens is 1790 g/mol. The average molecular weight is 1940 g/mol. The first-order valence-corrected chi connectivity index (χ1v) is 50.3. The number of hydrogen-bond acceptors (Lipinski definition) is 10. The second-order valence-corrected chi connectivity index (χ2v) is 38.9. The zero-order valence-corrected chi connectivity index (χ0v) is 82.7. The van der Waals surface area contributed by atoms with Gasteiger partial charge in [0.2, 0.25) is 0 Å². The first-order chi connectivity index (χ1) is 58.0. The highest BCUT2D eigenvalue weighted by Crippen LogP contribution is 2.41. The van der Waals surface area contributed by atoms with E-state index in [1.54, 1.807) is 91.0 Å². The molecule has 5 saturated carbocycles. The molecule has 5 fully saturated rings. The minimum atomic E-state index is -0.121. The van der Waals surface area contributed by atoms with Gasteiger partial charge in [-0.2, -0.15) is 0 Å². The largest absolute Gasteiger partial charge is 0.426 e. The zero-order valence-electron chi connectivity index (χ0n) is 74.8. The van der Waals surface area contributed by atoms with Gasteiger partial charge in [0.1, 0.15) is 28.7 Å². The van der Waals surface area contributed by atoms with Gasteiger partial charge in [-0.15, -0.1) is 0 Å². The fourth-order valence-electron chi connectivity index (χ4n) is 17.3. The summed E-state index contributed by atoms with van der Waals surface area (Å²) < 4.78 is 27.4. The van der Waals surface area contributed by atoms with Crippen LogP contribution >= 0.6 is 121 Å². The van der Waals surface area contributed by atoms with E-state index in [0.717, 1.165) is 158 Å². The first-order valence-electron chi connectivity index (χ1n) is 46.4. The molecule has 10 nitrogen and oxygen atoms in total. The molecular formula is C100H145Cl5F5O10S5. The average Bonchev–Trinajstić information content (AvgIpc) is 0.872. The quantitative estimate of drug-likeness (QED) is 0.0162. The topological polar surface area (TPSA) is 132 Å². The Labute approximate surface area is 800 Å². The van der Waals surface area contributed by atoms with Crippen LogP contribution < -0.4 is 23.7 Å². The van der Waals surface area contributed by atoms with Crippen molar-refractivity contribution < 1.29 is 71.2 Å². The van der Waals surface area contributed by atoms with E-state index in [2.05, 4.69) is 34.6 Å². The monoisotopic (exact) mass is 1940 g/mol. The van der Waals surface area contributed by atoms with Gasteiger partial charge in [-0.3, -0.25) is 47.5 Å². The Hall–Kier alpha value is -4.35. The third-order valence-corrected chi connectivity index (χ3v) is 29.0. The maximum atomic E-state index is 12.3. The van der Waals surface area contributed by atoms with E-state index in [-0.39, 0.29) is 83.0 Å². The standard InChI is InChI=1S/5C20H28ClO2S.5FH/c5*1-2-3-4-5-6-7-15-8-10-16(11-9-15)20(22)23-17-12-13-19(24)18(21)14-17;;;;;/h5*12-16H,2-11H2,1H3;5*1H. The maximum Gasteiger partial charge on any atom is 0.314 e. The second-order valence-electron chi connectivity index (χ2n) is 34.7.